The van der Waals surface area contributed by atoms with Crippen LogP contribution >= 0.6 is 0 Å². The van der Waals surface area contributed by atoms with Gasteiger partial charge in [0.05, 0.1) is 22.4 Å². The number of aryl methyl sites for hydroxylation is 3. The summed E-state index contributed by atoms with van der Waals surface area (Å²) in [4.78, 5) is 2.44. The van der Waals surface area contributed by atoms with Crippen molar-refractivity contribution < 1.29 is 0 Å². The lowest BCUT2D eigenvalue weighted by Crippen LogP contribution is -2.17. The summed E-state index contributed by atoms with van der Waals surface area (Å²) < 4.78 is 2.51. The van der Waals surface area contributed by atoms with Crippen molar-refractivity contribution in [2.24, 2.45) is 0 Å². The summed E-state index contributed by atoms with van der Waals surface area (Å²) in [5, 5.41) is 7.65. The zero-order valence-electron chi connectivity index (χ0n) is 30.3. The van der Waals surface area contributed by atoms with Crippen LogP contribution in [0.25, 0.3) is 60.2 Å². The summed E-state index contributed by atoms with van der Waals surface area (Å²) >= 11 is 0. The summed E-state index contributed by atoms with van der Waals surface area (Å²) in [5.74, 6) is 0. The Hall–Kier alpha value is -6.12. The highest BCUT2D eigenvalue weighted by Gasteiger charge is 2.38. The molecule has 0 spiro atoms. The molecule has 2 heteroatoms. The molecule has 0 unspecified atom stereocenters. The molecule has 0 atom stereocenters. The van der Waals surface area contributed by atoms with E-state index in [1.807, 2.05) is 0 Å². The smallest absolute Gasteiger partial charge is 0.0544 e. The average molecular weight is 669 g/mol. The highest BCUT2D eigenvalue weighted by molar-refractivity contribution is 6.13. The van der Waals surface area contributed by atoms with E-state index in [0.29, 0.717) is 0 Å². The van der Waals surface area contributed by atoms with E-state index in [4.69, 9.17) is 0 Å². The highest BCUT2D eigenvalue weighted by Crippen LogP contribution is 2.54. The summed E-state index contributed by atoms with van der Waals surface area (Å²) in [6.45, 7) is 11.4. The second-order valence-corrected chi connectivity index (χ2v) is 15.3. The third-order valence-electron chi connectivity index (χ3n) is 11.5. The van der Waals surface area contributed by atoms with Crippen LogP contribution in [0.3, 0.4) is 0 Å². The van der Waals surface area contributed by atoms with Gasteiger partial charge < -0.3 is 9.47 Å². The first-order chi connectivity index (χ1) is 25.3. The molecular weight excluding hydrogens is 629 g/mol. The van der Waals surface area contributed by atoms with Gasteiger partial charge in [-0.25, -0.2) is 0 Å². The van der Waals surface area contributed by atoms with Crippen LogP contribution in [-0.2, 0) is 5.41 Å². The van der Waals surface area contributed by atoms with Crippen molar-refractivity contribution in [2.75, 3.05) is 4.90 Å². The fourth-order valence-corrected chi connectivity index (χ4v) is 8.91. The molecule has 0 fully saturated rings. The molecule has 0 radical (unpaired) electrons. The van der Waals surface area contributed by atoms with E-state index in [2.05, 4.69) is 196 Å². The molecule has 9 aromatic rings. The van der Waals surface area contributed by atoms with E-state index in [1.165, 1.54) is 93.7 Å². The molecular formula is C50H40N2. The van der Waals surface area contributed by atoms with E-state index in [1.54, 1.807) is 0 Å². The minimum Gasteiger partial charge on any atom is -0.310 e. The van der Waals surface area contributed by atoms with Crippen LogP contribution in [-0.4, -0.2) is 4.57 Å². The standard InChI is InChI=1S/C50H40N2/c1-31-17-21-35(22-18-31)51(45-16-10-12-34-11-6-7-13-37(34)45)36-23-24-40-43(29-36)50(4,5)44-30-48(38-14-8-9-15-39(38)49(40)44)52-46-25-19-32(2)27-41(46)42-28-33(3)20-26-47(42)52/h6-30H,1-5H3. The zero-order chi connectivity index (χ0) is 35.3. The van der Waals surface area contributed by atoms with Crippen molar-refractivity contribution in [3.05, 3.63) is 179 Å². The number of fused-ring (bicyclic) bond motifs is 9. The van der Waals surface area contributed by atoms with Gasteiger partial charge in [-0.1, -0.05) is 122 Å². The molecule has 1 heterocycles. The number of benzene rings is 8. The fraction of sp³-hybridized carbons (Fsp3) is 0.120. The van der Waals surface area contributed by atoms with E-state index >= 15 is 0 Å². The summed E-state index contributed by atoms with van der Waals surface area (Å²) in [5.41, 5.74) is 16.2. The molecule has 1 aliphatic rings. The molecule has 250 valence electrons. The molecule has 0 aliphatic heterocycles. The molecule has 8 aromatic carbocycles. The minimum absolute atomic E-state index is 0.233. The number of aromatic nitrogens is 1. The third kappa shape index (κ3) is 4.43. The minimum atomic E-state index is -0.233. The van der Waals surface area contributed by atoms with E-state index in [-0.39, 0.29) is 5.41 Å². The maximum atomic E-state index is 2.51. The lowest BCUT2D eigenvalue weighted by Gasteiger charge is -2.29. The van der Waals surface area contributed by atoms with Crippen LogP contribution in [0.1, 0.15) is 41.7 Å². The van der Waals surface area contributed by atoms with Crippen molar-refractivity contribution >= 4 is 60.4 Å². The molecule has 0 bridgehead atoms. The third-order valence-corrected chi connectivity index (χ3v) is 11.5. The number of rotatable bonds is 4. The Morgan fingerprint density at radius 2 is 1.06 bits per heavy atom. The Balaban J connectivity index is 1.22. The van der Waals surface area contributed by atoms with Gasteiger partial charge in [0, 0.05) is 38.3 Å². The SMILES string of the molecule is Cc1ccc(N(c2ccc3c(c2)C(C)(C)c2cc(-n4c5ccc(C)cc5c5cc(C)ccc54)c4ccccc4c2-3)c2cccc3ccccc23)cc1. The Morgan fingerprint density at radius 1 is 0.462 bits per heavy atom. The van der Waals surface area contributed by atoms with E-state index < -0.39 is 0 Å². The van der Waals surface area contributed by atoms with Crippen molar-refractivity contribution in [3.63, 3.8) is 0 Å². The largest absolute Gasteiger partial charge is 0.310 e. The zero-order valence-corrected chi connectivity index (χ0v) is 30.3. The van der Waals surface area contributed by atoms with Crippen LogP contribution in [0.4, 0.5) is 17.1 Å². The topological polar surface area (TPSA) is 8.17 Å². The lowest BCUT2D eigenvalue weighted by molar-refractivity contribution is 0.660. The Morgan fingerprint density at radius 3 is 1.77 bits per heavy atom. The Bertz CT molecular complexity index is 2840. The van der Waals surface area contributed by atoms with E-state index in [0.717, 1.165) is 11.4 Å². The van der Waals surface area contributed by atoms with Gasteiger partial charge in [0.15, 0.2) is 0 Å². The second kappa shape index (κ2) is 11.2. The molecule has 0 saturated heterocycles. The highest BCUT2D eigenvalue weighted by atomic mass is 15.1. The maximum absolute atomic E-state index is 2.51. The van der Waals surface area contributed by atoms with Crippen LogP contribution in [0.5, 0.6) is 0 Å². The molecule has 0 amide bonds. The molecule has 10 rings (SSSR count). The summed E-state index contributed by atoms with van der Waals surface area (Å²) in [7, 11) is 0. The van der Waals surface area contributed by atoms with E-state index in [9.17, 15) is 0 Å². The number of anilines is 3. The summed E-state index contributed by atoms with van der Waals surface area (Å²) in [6.07, 6.45) is 0. The van der Waals surface area contributed by atoms with Crippen molar-refractivity contribution in [1.82, 2.24) is 4.57 Å². The molecule has 52 heavy (non-hydrogen) atoms. The van der Waals surface area contributed by atoms with Crippen molar-refractivity contribution in [2.45, 2.75) is 40.0 Å². The van der Waals surface area contributed by atoms with Gasteiger partial charge in [0.25, 0.3) is 0 Å². The Kier molecular flexibility index (Phi) is 6.60. The van der Waals surface area contributed by atoms with Crippen LogP contribution in [0.15, 0.2) is 152 Å². The molecule has 2 nitrogen and oxygen atoms in total. The van der Waals surface area contributed by atoms with Gasteiger partial charge in [-0.05, 0) is 114 Å². The first kappa shape index (κ1) is 30.7. The molecule has 1 aromatic heterocycles. The van der Waals surface area contributed by atoms with Gasteiger partial charge in [0.2, 0.25) is 0 Å². The van der Waals surface area contributed by atoms with Crippen LogP contribution < -0.4 is 4.90 Å². The second-order valence-electron chi connectivity index (χ2n) is 15.3. The molecule has 0 saturated carbocycles. The predicted octanol–water partition coefficient (Wildman–Crippen LogP) is 13.8. The summed E-state index contributed by atoms with van der Waals surface area (Å²) in [6, 6.07) is 56.8. The number of hydrogen-bond donors (Lipinski definition) is 0. The van der Waals surface area contributed by atoms with Gasteiger partial charge >= 0.3 is 0 Å². The van der Waals surface area contributed by atoms with Crippen LogP contribution in [0.2, 0.25) is 0 Å². The quantitative estimate of drug-likeness (QED) is 0.181. The number of nitrogens with zero attached hydrogens (tertiary/aromatic N) is 2. The molecule has 1 aliphatic carbocycles. The lowest BCUT2D eigenvalue weighted by atomic mass is 9.81. The molecule has 0 N–H and O–H groups in total. The fourth-order valence-electron chi connectivity index (χ4n) is 8.91. The monoisotopic (exact) mass is 668 g/mol. The normalized spacial score (nSPS) is 13.2. The van der Waals surface area contributed by atoms with Gasteiger partial charge in [-0.2, -0.15) is 0 Å². The average Bonchev–Trinajstić information content (AvgIpc) is 3.59. The van der Waals surface area contributed by atoms with Crippen molar-refractivity contribution in [1.29, 1.82) is 0 Å². The number of hydrogen-bond acceptors (Lipinski definition) is 1. The van der Waals surface area contributed by atoms with Crippen molar-refractivity contribution in [3.8, 4) is 16.8 Å². The Labute approximate surface area is 305 Å². The van der Waals surface area contributed by atoms with Crippen LogP contribution in [0, 0.1) is 20.8 Å². The predicted molar refractivity (Wildman–Crippen MR) is 222 cm³/mol. The van der Waals surface area contributed by atoms with Gasteiger partial charge in [-0.3, -0.25) is 0 Å². The van der Waals surface area contributed by atoms with Gasteiger partial charge in [-0.15, -0.1) is 0 Å². The first-order valence-electron chi connectivity index (χ1n) is 18.4. The van der Waals surface area contributed by atoms with Gasteiger partial charge in [0.1, 0.15) is 0 Å². The maximum Gasteiger partial charge on any atom is 0.0544 e. The first-order valence-corrected chi connectivity index (χ1v) is 18.4.